The zero-order valence-electron chi connectivity index (χ0n) is 15.2. The third kappa shape index (κ3) is 5.81. The second-order valence-corrected chi connectivity index (χ2v) is 7.17. The van der Waals surface area contributed by atoms with Crippen molar-refractivity contribution in [3.05, 3.63) is 59.5 Å². The fourth-order valence-corrected chi connectivity index (χ4v) is 3.02. The minimum atomic E-state index is 0.198. The molecule has 0 saturated heterocycles. The summed E-state index contributed by atoms with van der Waals surface area (Å²) < 4.78 is 5.26. The SMILES string of the molecule is Cc1ccccc1CC(CO)CNC(CCC(C)C)c1ccoc1. The van der Waals surface area contributed by atoms with Gasteiger partial charge in [0.25, 0.3) is 0 Å². The standard InChI is InChI=1S/C21H31NO2/c1-16(2)8-9-21(20-10-11-24-15-20)22-13-18(14-23)12-19-7-5-4-6-17(19)3/h4-7,10-11,15-16,18,21-23H,8-9,12-14H2,1-3H3. The molecule has 0 spiro atoms. The van der Waals surface area contributed by atoms with Gasteiger partial charge in [0, 0.05) is 24.8 Å². The number of nitrogens with one attached hydrogen (secondary N) is 1. The van der Waals surface area contributed by atoms with Crippen LogP contribution >= 0.6 is 0 Å². The molecular formula is C21H31NO2. The molecule has 2 atom stereocenters. The van der Waals surface area contributed by atoms with Crippen molar-refractivity contribution in [2.75, 3.05) is 13.2 Å². The maximum Gasteiger partial charge on any atom is 0.0950 e. The topological polar surface area (TPSA) is 45.4 Å². The van der Waals surface area contributed by atoms with Crippen molar-refractivity contribution < 1.29 is 9.52 Å². The molecule has 2 N–H and O–H groups in total. The van der Waals surface area contributed by atoms with E-state index < -0.39 is 0 Å². The predicted octanol–water partition coefficient (Wildman–Crippen LogP) is 4.51. The van der Waals surface area contributed by atoms with Crippen LogP contribution in [0.1, 0.15) is 49.4 Å². The Labute approximate surface area is 146 Å². The fraction of sp³-hybridized carbons (Fsp3) is 0.524. The van der Waals surface area contributed by atoms with Gasteiger partial charge in [0.15, 0.2) is 0 Å². The smallest absolute Gasteiger partial charge is 0.0950 e. The minimum absolute atomic E-state index is 0.198. The fourth-order valence-electron chi connectivity index (χ4n) is 3.02. The van der Waals surface area contributed by atoms with Gasteiger partial charge in [0.2, 0.25) is 0 Å². The van der Waals surface area contributed by atoms with Gasteiger partial charge in [-0.05, 0) is 55.2 Å². The molecule has 24 heavy (non-hydrogen) atoms. The van der Waals surface area contributed by atoms with Crippen molar-refractivity contribution in [3.63, 3.8) is 0 Å². The molecule has 0 amide bonds. The number of furan rings is 1. The summed E-state index contributed by atoms with van der Waals surface area (Å²) in [6.45, 7) is 7.64. The van der Waals surface area contributed by atoms with Gasteiger partial charge in [-0.3, -0.25) is 0 Å². The van der Waals surface area contributed by atoms with Crippen LogP contribution in [0.15, 0.2) is 47.3 Å². The lowest BCUT2D eigenvalue weighted by Crippen LogP contribution is -2.30. The number of hydrogen-bond acceptors (Lipinski definition) is 3. The molecule has 3 heteroatoms. The Morgan fingerprint density at radius 3 is 2.54 bits per heavy atom. The third-order valence-electron chi connectivity index (χ3n) is 4.66. The van der Waals surface area contributed by atoms with Gasteiger partial charge in [0.1, 0.15) is 0 Å². The van der Waals surface area contributed by atoms with Crippen LogP contribution in [0, 0.1) is 18.8 Å². The molecule has 132 valence electrons. The molecule has 0 aliphatic rings. The lowest BCUT2D eigenvalue weighted by Gasteiger charge is -2.22. The van der Waals surface area contributed by atoms with Gasteiger partial charge in [-0.2, -0.15) is 0 Å². The Bertz CT molecular complexity index is 577. The minimum Gasteiger partial charge on any atom is -0.472 e. The molecule has 3 nitrogen and oxygen atoms in total. The number of aryl methyl sites for hydroxylation is 1. The Hall–Kier alpha value is -1.58. The van der Waals surface area contributed by atoms with Crippen molar-refractivity contribution in [3.8, 4) is 0 Å². The average Bonchev–Trinajstić information content (AvgIpc) is 3.09. The highest BCUT2D eigenvalue weighted by Crippen LogP contribution is 2.22. The van der Waals surface area contributed by atoms with Crippen molar-refractivity contribution in [1.29, 1.82) is 0 Å². The van der Waals surface area contributed by atoms with E-state index >= 15 is 0 Å². The molecule has 0 aliphatic heterocycles. The van der Waals surface area contributed by atoms with E-state index in [4.69, 9.17) is 4.42 Å². The lowest BCUT2D eigenvalue weighted by atomic mass is 9.95. The molecule has 2 rings (SSSR count). The molecule has 2 aromatic rings. The number of aliphatic hydroxyl groups excluding tert-OH is 1. The van der Waals surface area contributed by atoms with E-state index in [1.807, 2.05) is 12.3 Å². The Balaban J connectivity index is 1.94. The summed E-state index contributed by atoms with van der Waals surface area (Å²) in [7, 11) is 0. The first-order valence-electron chi connectivity index (χ1n) is 9.01. The summed E-state index contributed by atoms with van der Waals surface area (Å²) in [6.07, 6.45) is 6.71. The van der Waals surface area contributed by atoms with E-state index in [-0.39, 0.29) is 18.6 Å². The molecule has 1 heterocycles. The normalized spacial score (nSPS) is 14.0. The van der Waals surface area contributed by atoms with Crippen molar-refractivity contribution in [2.24, 2.45) is 11.8 Å². The highest BCUT2D eigenvalue weighted by Gasteiger charge is 2.16. The van der Waals surface area contributed by atoms with Gasteiger partial charge >= 0.3 is 0 Å². The summed E-state index contributed by atoms with van der Waals surface area (Å²) in [5.74, 6) is 0.904. The maximum atomic E-state index is 9.78. The van der Waals surface area contributed by atoms with Gasteiger partial charge in [0.05, 0.1) is 12.5 Å². The van der Waals surface area contributed by atoms with Crippen LogP contribution in [0.2, 0.25) is 0 Å². The largest absolute Gasteiger partial charge is 0.472 e. The van der Waals surface area contributed by atoms with Crippen LogP contribution in [0.25, 0.3) is 0 Å². The first-order valence-corrected chi connectivity index (χ1v) is 9.01. The van der Waals surface area contributed by atoms with Gasteiger partial charge < -0.3 is 14.8 Å². The Morgan fingerprint density at radius 2 is 1.92 bits per heavy atom. The van der Waals surface area contributed by atoms with Gasteiger partial charge in [-0.15, -0.1) is 0 Å². The molecular weight excluding hydrogens is 298 g/mol. The highest BCUT2D eigenvalue weighted by molar-refractivity contribution is 5.26. The molecule has 0 aliphatic carbocycles. The molecule has 0 saturated carbocycles. The summed E-state index contributed by atoms with van der Waals surface area (Å²) in [5.41, 5.74) is 3.81. The monoisotopic (exact) mass is 329 g/mol. The van der Waals surface area contributed by atoms with E-state index in [1.54, 1.807) is 6.26 Å². The third-order valence-corrected chi connectivity index (χ3v) is 4.66. The summed E-state index contributed by atoms with van der Waals surface area (Å²) in [4.78, 5) is 0. The second kappa shape index (κ2) is 9.65. The molecule has 1 aromatic heterocycles. The molecule has 0 bridgehead atoms. The number of benzene rings is 1. The van der Waals surface area contributed by atoms with Crippen LogP contribution in [-0.2, 0) is 6.42 Å². The van der Waals surface area contributed by atoms with E-state index in [9.17, 15) is 5.11 Å². The first kappa shape index (κ1) is 18.8. The number of rotatable bonds is 10. The zero-order chi connectivity index (χ0) is 17.4. The lowest BCUT2D eigenvalue weighted by molar-refractivity contribution is 0.216. The van der Waals surface area contributed by atoms with Crippen molar-refractivity contribution in [2.45, 2.75) is 46.1 Å². The first-order chi connectivity index (χ1) is 11.6. The summed E-state index contributed by atoms with van der Waals surface area (Å²) >= 11 is 0. The maximum absolute atomic E-state index is 9.78. The number of hydrogen-bond donors (Lipinski definition) is 2. The summed E-state index contributed by atoms with van der Waals surface area (Å²) in [6, 6.07) is 10.7. The van der Waals surface area contributed by atoms with Crippen LogP contribution in [0.5, 0.6) is 0 Å². The van der Waals surface area contributed by atoms with Crippen molar-refractivity contribution >= 4 is 0 Å². The van der Waals surface area contributed by atoms with E-state index in [0.29, 0.717) is 5.92 Å². The van der Waals surface area contributed by atoms with Crippen LogP contribution < -0.4 is 5.32 Å². The van der Waals surface area contributed by atoms with Gasteiger partial charge in [-0.25, -0.2) is 0 Å². The van der Waals surface area contributed by atoms with Gasteiger partial charge in [-0.1, -0.05) is 38.1 Å². The van der Waals surface area contributed by atoms with E-state index in [2.05, 4.69) is 50.4 Å². The molecule has 1 aromatic carbocycles. The van der Waals surface area contributed by atoms with E-state index in [0.717, 1.165) is 19.4 Å². The molecule has 2 unspecified atom stereocenters. The van der Waals surface area contributed by atoms with E-state index in [1.165, 1.54) is 23.1 Å². The second-order valence-electron chi connectivity index (χ2n) is 7.17. The molecule has 0 fully saturated rings. The Morgan fingerprint density at radius 1 is 1.12 bits per heavy atom. The molecule has 0 radical (unpaired) electrons. The number of aliphatic hydroxyl groups is 1. The van der Waals surface area contributed by atoms with Crippen LogP contribution in [0.3, 0.4) is 0 Å². The van der Waals surface area contributed by atoms with Crippen LogP contribution in [-0.4, -0.2) is 18.3 Å². The average molecular weight is 329 g/mol. The quantitative estimate of drug-likeness (QED) is 0.674. The van der Waals surface area contributed by atoms with Crippen molar-refractivity contribution in [1.82, 2.24) is 5.32 Å². The Kier molecular flexibility index (Phi) is 7.54. The highest BCUT2D eigenvalue weighted by atomic mass is 16.3. The van der Waals surface area contributed by atoms with Crippen LogP contribution in [0.4, 0.5) is 0 Å². The summed E-state index contributed by atoms with van der Waals surface area (Å²) in [5, 5.41) is 13.4. The zero-order valence-corrected chi connectivity index (χ0v) is 15.2. The predicted molar refractivity (Wildman–Crippen MR) is 99.0 cm³/mol.